The molecule has 0 aliphatic rings. The van der Waals surface area contributed by atoms with E-state index in [4.69, 9.17) is 0 Å². The second kappa shape index (κ2) is 4.73. The Bertz CT molecular complexity index is 428. The van der Waals surface area contributed by atoms with Gasteiger partial charge in [0.15, 0.2) is 0 Å². The molecule has 1 aromatic carbocycles. The highest BCUT2D eigenvalue weighted by Crippen LogP contribution is 2.32. The molecule has 0 bridgehead atoms. The van der Waals surface area contributed by atoms with Crippen LogP contribution in [0.4, 0.5) is 17.6 Å². The first-order valence-electron chi connectivity index (χ1n) is 4.89. The van der Waals surface area contributed by atoms with E-state index in [1.165, 1.54) is 11.9 Å². The Labute approximate surface area is 95.8 Å². The molecule has 0 aromatic heterocycles. The summed E-state index contributed by atoms with van der Waals surface area (Å²) in [7, 11) is 1.46. The molecule has 94 valence electrons. The van der Waals surface area contributed by atoms with Gasteiger partial charge in [0.2, 0.25) is 0 Å². The van der Waals surface area contributed by atoms with Crippen molar-refractivity contribution in [1.82, 2.24) is 4.90 Å². The Kier molecular flexibility index (Phi) is 3.75. The second-order valence-electron chi connectivity index (χ2n) is 3.51. The summed E-state index contributed by atoms with van der Waals surface area (Å²) in [5.74, 6) is -1.95. The van der Waals surface area contributed by atoms with Gasteiger partial charge in [-0.05, 0) is 25.1 Å². The van der Waals surface area contributed by atoms with Crippen molar-refractivity contribution in [3.05, 3.63) is 35.1 Å². The number of amides is 1. The normalized spacial score (nSPS) is 11.4. The molecule has 0 saturated heterocycles. The van der Waals surface area contributed by atoms with E-state index in [1.54, 1.807) is 6.92 Å². The van der Waals surface area contributed by atoms with Gasteiger partial charge in [-0.3, -0.25) is 4.79 Å². The molecule has 2 nitrogen and oxygen atoms in total. The van der Waals surface area contributed by atoms with Crippen molar-refractivity contribution in [2.75, 3.05) is 13.6 Å². The third-order valence-electron chi connectivity index (χ3n) is 2.34. The van der Waals surface area contributed by atoms with E-state index in [2.05, 4.69) is 0 Å². The van der Waals surface area contributed by atoms with Crippen LogP contribution in [-0.4, -0.2) is 24.4 Å². The SMILES string of the molecule is CCN(C)C(=O)c1ccc(F)c(C(F)(F)F)c1. The fraction of sp³-hybridized carbons (Fsp3) is 0.364. The maximum absolute atomic E-state index is 13.0. The van der Waals surface area contributed by atoms with E-state index in [9.17, 15) is 22.4 Å². The zero-order valence-corrected chi connectivity index (χ0v) is 9.31. The molecule has 17 heavy (non-hydrogen) atoms. The van der Waals surface area contributed by atoms with E-state index in [0.717, 1.165) is 6.07 Å². The Morgan fingerprint density at radius 1 is 1.35 bits per heavy atom. The molecule has 0 atom stereocenters. The van der Waals surface area contributed by atoms with Gasteiger partial charge < -0.3 is 4.90 Å². The molecule has 0 N–H and O–H groups in total. The van der Waals surface area contributed by atoms with Crippen LogP contribution in [0.25, 0.3) is 0 Å². The van der Waals surface area contributed by atoms with Gasteiger partial charge in [-0.15, -0.1) is 0 Å². The third-order valence-corrected chi connectivity index (χ3v) is 2.34. The zero-order chi connectivity index (χ0) is 13.2. The molecular formula is C11H11F4NO. The Balaban J connectivity index is 3.18. The maximum Gasteiger partial charge on any atom is 0.419 e. The minimum Gasteiger partial charge on any atom is -0.342 e. The molecule has 6 heteroatoms. The van der Waals surface area contributed by atoms with Gasteiger partial charge in [0.25, 0.3) is 5.91 Å². The van der Waals surface area contributed by atoms with Crippen molar-refractivity contribution in [3.63, 3.8) is 0 Å². The first-order valence-corrected chi connectivity index (χ1v) is 4.89. The average Bonchev–Trinajstić information content (AvgIpc) is 2.26. The fourth-order valence-electron chi connectivity index (χ4n) is 1.24. The Hall–Kier alpha value is -1.59. The molecule has 0 saturated carbocycles. The molecule has 0 aliphatic carbocycles. The summed E-state index contributed by atoms with van der Waals surface area (Å²) >= 11 is 0. The minimum atomic E-state index is -4.80. The van der Waals surface area contributed by atoms with E-state index in [1.807, 2.05) is 0 Å². The lowest BCUT2D eigenvalue weighted by atomic mass is 10.1. The van der Waals surface area contributed by atoms with Crippen LogP contribution in [0.5, 0.6) is 0 Å². The lowest BCUT2D eigenvalue weighted by molar-refractivity contribution is -0.140. The maximum atomic E-state index is 13.0. The minimum absolute atomic E-state index is 0.178. The van der Waals surface area contributed by atoms with Gasteiger partial charge in [0.05, 0.1) is 5.56 Å². The largest absolute Gasteiger partial charge is 0.419 e. The molecule has 0 heterocycles. The summed E-state index contributed by atoms with van der Waals surface area (Å²) in [4.78, 5) is 12.8. The molecule has 1 amide bonds. The number of carbonyl (C=O) groups excluding carboxylic acids is 1. The van der Waals surface area contributed by atoms with Crippen molar-refractivity contribution in [3.8, 4) is 0 Å². The number of hydrogen-bond acceptors (Lipinski definition) is 1. The van der Waals surface area contributed by atoms with Crippen molar-refractivity contribution in [2.24, 2.45) is 0 Å². The van der Waals surface area contributed by atoms with Crippen LogP contribution < -0.4 is 0 Å². The van der Waals surface area contributed by atoms with Gasteiger partial charge in [0, 0.05) is 19.2 Å². The monoisotopic (exact) mass is 249 g/mol. The molecule has 1 rings (SSSR count). The zero-order valence-electron chi connectivity index (χ0n) is 9.31. The number of carbonyl (C=O) groups is 1. The van der Waals surface area contributed by atoms with Crippen LogP contribution in [0.2, 0.25) is 0 Å². The average molecular weight is 249 g/mol. The number of nitrogens with zero attached hydrogens (tertiary/aromatic N) is 1. The molecule has 1 aromatic rings. The summed E-state index contributed by atoms with van der Waals surface area (Å²) in [6, 6.07) is 2.22. The van der Waals surface area contributed by atoms with Crippen molar-refractivity contribution in [2.45, 2.75) is 13.1 Å². The molecule has 0 spiro atoms. The smallest absolute Gasteiger partial charge is 0.342 e. The summed E-state index contributed by atoms with van der Waals surface area (Å²) in [5, 5.41) is 0. The number of halogens is 4. The molecule has 0 aliphatic heterocycles. The quantitative estimate of drug-likeness (QED) is 0.738. The number of rotatable bonds is 2. The standard InChI is InChI=1S/C11H11F4NO/c1-3-16(2)10(17)7-4-5-9(12)8(6-7)11(13,14)15/h4-6H,3H2,1-2H3. The lowest BCUT2D eigenvalue weighted by Gasteiger charge is -2.15. The van der Waals surface area contributed by atoms with Crippen LogP contribution in [0.3, 0.4) is 0 Å². The highest BCUT2D eigenvalue weighted by atomic mass is 19.4. The van der Waals surface area contributed by atoms with Gasteiger partial charge in [-0.1, -0.05) is 0 Å². The van der Waals surface area contributed by atoms with Gasteiger partial charge in [-0.2, -0.15) is 13.2 Å². The summed E-state index contributed by atoms with van der Waals surface area (Å²) in [6.45, 7) is 2.05. The van der Waals surface area contributed by atoms with Crippen LogP contribution in [0.1, 0.15) is 22.8 Å². The van der Waals surface area contributed by atoms with E-state index < -0.39 is 23.5 Å². The van der Waals surface area contributed by atoms with Gasteiger partial charge in [0.1, 0.15) is 5.82 Å². The number of hydrogen-bond donors (Lipinski definition) is 0. The van der Waals surface area contributed by atoms with E-state index in [0.29, 0.717) is 18.7 Å². The first kappa shape index (κ1) is 13.5. The molecule has 0 unspecified atom stereocenters. The van der Waals surface area contributed by atoms with Crippen molar-refractivity contribution < 1.29 is 22.4 Å². The molecular weight excluding hydrogens is 238 g/mol. The third kappa shape index (κ3) is 2.95. The van der Waals surface area contributed by atoms with Crippen LogP contribution >= 0.6 is 0 Å². The number of benzene rings is 1. The summed E-state index contributed by atoms with van der Waals surface area (Å²) in [5.41, 5.74) is -1.60. The molecule has 0 fully saturated rings. The van der Waals surface area contributed by atoms with Crippen LogP contribution in [0.15, 0.2) is 18.2 Å². The first-order chi connectivity index (χ1) is 7.77. The highest BCUT2D eigenvalue weighted by Gasteiger charge is 2.34. The fourth-order valence-corrected chi connectivity index (χ4v) is 1.24. The lowest BCUT2D eigenvalue weighted by Crippen LogP contribution is -2.26. The summed E-state index contributed by atoms with van der Waals surface area (Å²) < 4.78 is 50.2. The molecule has 0 radical (unpaired) electrons. The highest BCUT2D eigenvalue weighted by molar-refractivity contribution is 5.94. The van der Waals surface area contributed by atoms with E-state index >= 15 is 0 Å². The predicted molar refractivity (Wildman–Crippen MR) is 54.0 cm³/mol. The number of alkyl halides is 3. The van der Waals surface area contributed by atoms with Gasteiger partial charge in [-0.25, -0.2) is 4.39 Å². The van der Waals surface area contributed by atoms with Crippen molar-refractivity contribution >= 4 is 5.91 Å². The second-order valence-corrected chi connectivity index (χ2v) is 3.51. The van der Waals surface area contributed by atoms with Crippen LogP contribution in [-0.2, 0) is 6.18 Å². The predicted octanol–water partition coefficient (Wildman–Crippen LogP) is 2.94. The van der Waals surface area contributed by atoms with Gasteiger partial charge >= 0.3 is 6.18 Å². The topological polar surface area (TPSA) is 20.3 Å². The Morgan fingerprint density at radius 2 is 1.94 bits per heavy atom. The van der Waals surface area contributed by atoms with Crippen molar-refractivity contribution in [1.29, 1.82) is 0 Å². The van der Waals surface area contributed by atoms with E-state index in [-0.39, 0.29) is 5.56 Å². The van der Waals surface area contributed by atoms with Crippen LogP contribution in [0, 0.1) is 5.82 Å². The summed E-state index contributed by atoms with van der Waals surface area (Å²) in [6.07, 6.45) is -4.80. The Morgan fingerprint density at radius 3 is 2.41 bits per heavy atom.